The fraction of sp³-hybridized carbons (Fsp3) is 0.500. The number of rotatable bonds is 3. The first-order valence-electron chi connectivity index (χ1n) is 7.45. The van der Waals surface area contributed by atoms with Crippen LogP contribution < -0.4 is 4.90 Å². The van der Waals surface area contributed by atoms with Crippen LogP contribution >= 0.6 is 11.8 Å². The number of carbonyl (C=O) groups excluding carboxylic acids is 2. The summed E-state index contributed by atoms with van der Waals surface area (Å²) in [6.07, 6.45) is 4.38. The molecule has 2 atom stereocenters. The third-order valence-electron chi connectivity index (χ3n) is 4.37. The van der Waals surface area contributed by atoms with Gasteiger partial charge in [0.2, 0.25) is 5.91 Å². The summed E-state index contributed by atoms with van der Waals surface area (Å²) in [6, 6.07) is 7.29. The molecule has 2 saturated heterocycles. The largest absolute Gasteiger partial charge is 0.329 e. The zero-order valence-electron chi connectivity index (χ0n) is 12.4. The second kappa shape index (κ2) is 5.72. The molecule has 4 nitrogen and oxygen atoms in total. The van der Waals surface area contributed by atoms with E-state index in [9.17, 15) is 9.59 Å². The van der Waals surface area contributed by atoms with E-state index in [1.54, 1.807) is 21.6 Å². The molecule has 0 N–H and O–H groups in total. The van der Waals surface area contributed by atoms with Crippen molar-refractivity contribution in [2.75, 3.05) is 17.7 Å². The number of piperazine rings is 1. The molecule has 0 radical (unpaired) electrons. The van der Waals surface area contributed by atoms with Crippen molar-refractivity contribution in [3.05, 3.63) is 24.3 Å². The molecule has 2 aliphatic heterocycles. The lowest BCUT2D eigenvalue weighted by atomic mass is 10.0. The summed E-state index contributed by atoms with van der Waals surface area (Å²) < 4.78 is 0. The molecule has 2 aliphatic rings. The second-order valence-electron chi connectivity index (χ2n) is 5.52. The molecule has 2 amide bonds. The summed E-state index contributed by atoms with van der Waals surface area (Å²) in [5.41, 5.74) is 0.846. The highest BCUT2D eigenvalue weighted by atomic mass is 32.2. The van der Waals surface area contributed by atoms with Gasteiger partial charge in [0.1, 0.15) is 12.1 Å². The Kier molecular flexibility index (Phi) is 3.93. The highest BCUT2D eigenvalue weighted by Gasteiger charge is 2.47. The molecule has 2 fully saturated rings. The molecule has 0 spiro atoms. The Balaban J connectivity index is 2.01. The van der Waals surface area contributed by atoms with E-state index in [2.05, 4.69) is 0 Å². The van der Waals surface area contributed by atoms with Gasteiger partial charge in [-0.2, -0.15) is 0 Å². The van der Waals surface area contributed by atoms with Gasteiger partial charge in [-0.25, -0.2) is 0 Å². The molecule has 0 aromatic heterocycles. The summed E-state index contributed by atoms with van der Waals surface area (Å²) in [7, 11) is 0. The predicted molar refractivity (Wildman–Crippen MR) is 84.5 cm³/mol. The van der Waals surface area contributed by atoms with E-state index in [1.165, 1.54) is 0 Å². The average molecular weight is 304 g/mol. The number of anilines is 1. The van der Waals surface area contributed by atoms with Crippen molar-refractivity contribution < 1.29 is 9.59 Å². The summed E-state index contributed by atoms with van der Waals surface area (Å²) >= 11 is 1.64. The minimum Gasteiger partial charge on any atom is -0.329 e. The first kappa shape index (κ1) is 14.4. The Bertz CT molecular complexity index is 575. The van der Waals surface area contributed by atoms with Gasteiger partial charge >= 0.3 is 0 Å². The topological polar surface area (TPSA) is 40.6 Å². The molecule has 21 heavy (non-hydrogen) atoms. The first-order chi connectivity index (χ1) is 10.2. The molecular formula is C16H20N2O2S. The Labute approximate surface area is 129 Å². The van der Waals surface area contributed by atoms with E-state index in [0.717, 1.165) is 30.0 Å². The van der Waals surface area contributed by atoms with Gasteiger partial charge in [-0.1, -0.05) is 13.0 Å². The van der Waals surface area contributed by atoms with Crippen molar-refractivity contribution in [2.24, 2.45) is 0 Å². The van der Waals surface area contributed by atoms with E-state index in [1.807, 2.05) is 37.4 Å². The van der Waals surface area contributed by atoms with Crippen LogP contribution in [0.25, 0.3) is 0 Å². The summed E-state index contributed by atoms with van der Waals surface area (Å²) in [6.45, 7) is 2.70. The van der Waals surface area contributed by atoms with Gasteiger partial charge in [0.15, 0.2) is 0 Å². The molecular weight excluding hydrogens is 284 g/mol. The van der Waals surface area contributed by atoms with Gasteiger partial charge in [-0.3, -0.25) is 14.5 Å². The minimum atomic E-state index is -0.357. The van der Waals surface area contributed by atoms with Crippen molar-refractivity contribution in [3.63, 3.8) is 0 Å². The minimum absolute atomic E-state index is 0.0807. The first-order valence-corrected chi connectivity index (χ1v) is 8.67. The standard InChI is InChI=1S/C16H20N2O2S/c1-3-13-15(19)17-9-5-8-14(17)16(20)18(13)11-6-4-7-12(10-11)21-2/h4,6-7,10,13-14H,3,5,8-9H2,1-2H3. The van der Waals surface area contributed by atoms with Crippen molar-refractivity contribution in [1.82, 2.24) is 4.90 Å². The molecule has 5 heteroatoms. The van der Waals surface area contributed by atoms with Gasteiger partial charge in [-0.05, 0) is 43.7 Å². The van der Waals surface area contributed by atoms with Crippen molar-refractivity contribution >= 4 is 29.3 Å². The fourth-order valence-corrected chi connectivity index (χ4v) is 3.78. The number of nitrogens with zero attached hydrogens (tertiary/aromatic N) is 2. The lowest BCUT2D eigenvalue weighted by Gasteiger charge is -2.42. The maximum absolute atomic E-state index is 12.8. The van der Waals surface area contributed by atoms with Crippen LogP contribution in [0.1, 0.15) is 26.2 Å². The van der Waals surface area contributed by atoms with Crippen LogP contribution in [0.5, 0.6) is 0 Å². The molecule has 0 bridgehead atoms. The molecule has 0 saturated carbocycles. The Morgan fingerprint density at radius 3 is 2.81 bits per heavy atom. The average Bonchev–Trinajstić information content (AvgIpc) is 3.00. The number of fused-ring (bicyclic) bond motifs is 1. The van der Waals surface area contributed by atoms with Crippen LogP contribution in [0.2, 0.25) is 0 Å². The summed E-state index contributed by atoms with van der Waals surface area (Å²) in [5.74, 6) is 0.186. The number of hydrogen-bond donors (Lipinski definition) is 0. The smallest absolute Gasteiger partial charge is 0.250 e. The van der Waals surface area contributed by atoms with Gasteiger partial charge in [0.25, 0.3) is 5.91 Å². The van der Waals surface area contributed by atoms with Gasteiger partial charge in [0, 0.05) is 17.1 Å². The highest BCUT2D eigenvalue weighted by molar-refractivity contribution is 7.98. The molecule has 2 heterocycles. The zero-order valence-corrected chi connectivity index (χ0v) is 13.2. The van der Waals surface area contributed by atoms with Gasteiger partial charge in [-0.15, -0.1) is 11.8 Å². The number of amides is 2. The van der Waals surface area contributed by atoms with E-state index in [4.69, 9.17) is 0 Å². The third kappa shape index (κ3) is 2.33. The van der Waals surface area contributed by atoms with Crippen LogP contribution in [0.15, 0.2) is 29.2 Å². The predicted octanol–water partition coefficient (Wildman–Crippen LogP) is 2.52. The maximum Gasteiger partial charge on any atom is 0.250 e. The quantitative estimate of drug-likeness (QED) is 0.806. The Morgan fingerprint density at radius 2 is 2.10 bits per heavy atom. The summed E-state index contributed by atoms with van der Waals surface area (Å²) in [4.78, 5) is 30.1. The van der Waals surface area contributed by atoms with Crippen LogP contribution in [0.4, 0.5) is 5.69 Å². The molecule has 1 aromatic rings. The highest BCUT2D eigenvalue weighted by Crippen LogP contribution is 2.33. The number of thioether (sulfide) groups is 1. The van der Waals surface area contributed by atoms with Crippen LogP contribution in [-0.2, 0) is 9.59 Å². The molecule has 2 unspecified atom stereocenters. The number of benzene rings is 1. The van der Waals surface area contributed by atoms with Crippen molar-refractivity contribution in [2.45, 2.75) is 43.2 Å². The lowest BCUT2D eigenvalue weighted by molar-refractivity contribution is -0.144. The second-order valence-corrected chi connectivity index (χ2v) is 6.40. The van der Waals surface area contributed by atoms with E-state index in [0.29, 0.717) is 6.42 Å². The number of hydrogen-bond acceptors (Lipinski definition) is 3. The monoisotopic (exact) mass is 304 g/mol. The van der Waals surface area contributed by atoms with Crippen LogP contribution in [-0.4, -0.2) is 41.6 Å². The van der Waals surface area contributed by atoms with Crippen molar-refractivity contribution in [1.29, 1.82) is 0 Å². The number of carbonyl (C=O) groups is 2. The fourth-order valence-electron chi connectivity index (χ4n) is 3.33. The Hall–Kier alpha value is -1.49. The van der Waals surface area contributed by atoms with Gasteiger partial charge < -0.3 is 4.90 Å². The molecule has 112 valence electrons. The lowest BCUT2D eigenvalue weighted by Crippen LogP contribution is -2.63. The van der Waals surface area contributed by atoms with E-state index >= 15 is 0 Å². The summed E-state index contributed by atoms with van der Waals surface area (Å²) in [5, 5.41) is 0. The normalized spacial score (nSPS) is 25.4. The van der Waals surface area contributed by atoms with Crippen molar-refractivity contribution in [3.8, 4) is 0 Å². The van der Waals surface area contributed by atoms with Crippen LogP contribution in [0, 0.1) is 0 Å². The SMILES string of the molecule is CCC1C(=O)N2CCCC2C(=O)N1c1cccc(SC)c1. The maximum atomic E-state index is 12.8. The van der Waals surface area contributed by atoms with E-state index in [-0.39, 0.29) is 23.9 Å². The van der Waals surface area contributed by atoms with E-state index < -0.39 is 0 Å². The molecule has 0 aliphatic carbocycles. The molecule has 3 rings (SSSR count). The zero-order chi connectivity index (χ0) is 15.0. The Morgan fingerprint density at radius 1 is 1.29 bits per heavy atom. The van der Waals surface area contributed by atoms with Crippen LogP contribution in [0.3, 0.4) is 0 Å². The third-order valence-corrected chi connectivity index (χ3v) is 5.10. The van der Waals surface area contributed by atoms with Gasteiger partial charge in [0.05, 0.1) is 0 Å². The molecule has 1 aromatic carbocycles.